The highest BCUT2D eigenvalue weighted by molar-refractivity contribution is 6.33. The fraction of sp³-hybridized carbons (Fsp3) is 0.462. The number of hydrogen-bond acceptors (Lipinski definition) is 2. The van der Waals surface area contributed by atoms with E-state index in [2.05, 4.69) is 18.7 Å². The van der Waals surface area contributed by atoms with Crippen LogP contribution < -0.4 is 0 Å². The first-order valence-electron chi connectivity index (χ1n) is 5.50. The Labute approximate surface area is 102 Å². The van der Waals surface area contributed by atoms with E-state index in [1.807, 2.05) is 19.2 Å². The van der Waals surface area contributed by atoms with Crippen molar-refractivity contribution in [2.45, 2.75) is 26.3 Å². The van der Waals surface area contributed by atoms with Crippen molar-refractivity contribution in [2.24, 2.45) is 0 Å². The Hall–Kier alpha value is -0.860. The lowest BCUT2D eigenvalue weighted by Crippen LogP contribution is -2.28. The van der Waals surface area contributed by atoms with Crippen molar-refractivity contribution >= 4 is 17.4 Å². The van der Waals surface area contributed by atoms with Crippen LogP contribution in [0.15, 0.2) is 24.3 Å². The van der Waals surface area contributed by atoms with Crippen molar-refractivity contribution in [3.8, 4) is 0 Å². The Morgan fingerprint density at radius 2 is 2.00 bits per heavy atom. The summed E-state index contributed by atoms with van der Waals surface area (Å²) >= 11 is 5.96. The smallest absolute Gasteiger partial charge is 0.165 e. The topological polar surface area (TPSA) is 20.3 Å². The minimum Gasteiger partial charge on any atom is -0.304 e. The molecule has 2 nitrogen and oxygen atoms in total. The Morgan fingerprint density at radius 3 is 2.56 bits per heavy atom. The Balaban J connectivity index is 2.57. The maximum Gasteiger partial charge on any atom is 0.165 e. The lowest BCUT2D eigenvalue weighted by molar-refractivity contribution is 0.0964. The highest BCUT2D eigenvalue weighted by atomic mass is 35.5. The average molecular weight is 240 g/mol. The third-order valence-electron chi connectivity index (χ3n) is 2.75. The number of hydrogen-bond donors (Lipinski definition) is 0. The normalized spacial score (nSPS) is 11.1. The number of carbonyl (C=O) groups is 1. The summed E-state index contributed by atoms with van der Waals surface area (Å²) in [6.45, 7) is 4.99. The molecule has 0 fully saturated rings. The van der Waals surface area contributed by atoms with E-state index in [1.54, 1.807) is 12.1 Å². The number of rotatable bonds is 5. The van der Waals surface area contributed by atoms with Crippen LogP contribution in [0.4, 0.5) is 0 Å². The molecule has 0 saturated heterocycles. The molecule has 0 amide bonds. The number of Topliss-reactive ketones (excluding diaryl/α,β-unsaturated/α-hetero) is 1. The zero-order chi connectivity index (χ0) is 12.1. The minimum atomic E-state index is 0.109. The highest BCUT2D eigenvalue weighted by Crippen LogP contribution is 2.16. The van der Waals surface area contributed by atoms with E-state index in [0.29, 0.717) is 23.0 Å². The lowest BCUT2D eigenvalue weighted by atomic mass is 10.1. The molecule has 0 aliphatic rings. The first kappa shape index (κ1) is 13.2. The molecule has 0 heterocycles. The van der Waals surface area contributed by atoms with E-state index >= 15 is 0 Å². The van der Waals surface area contributed by atoms with Gasteiger partial charge >= 0.3 is 0 Å². The quantitative estimate of drug-likeness (QED) is 0.736. The molecule has 0 N–H and O–H groups in total. The van der Waals surface area contributed by atoms with Crippen LogP contribution >= 0.6 is 11.6 Å². The summed E-state index contributed by atoms with van der Waals surface area (Å²) in [7, 11) is 2.02. The van der Waals surface area contributed by atoms with Gasteiger partial charge in [-0.2, -0.15) is 0 Å². The summed E-state index contributed by atoms with van der Waals surface area (Å²) in [5, 5.41) is 0.541. The van der Waals surface area contributed by atoms with Gasteiger partial charge in [-0.05, 0) is 33.0 Å². The Bertz CT molecular complexity index is 363. The van der Waals surface area contributed by atoms with Gasteiger partial charge < -0.3 is 4.90 Å². The van der Waals surface area contributed by atoms with Crippen molar-refractivity contribution in [3.63, 3.8) is 0 Å². The monoisotopic (exact) mass is 239 g/mol. The van der Waals surface area contributed by atoms with E-state index in [-0.39, 0.29) is 5.78 Å². The molecule has 1 rings (SSSR count). The maximum absolute atomic E-state index is 11.9. The van der Waals surface area contributed by atoms with Crippen molar-refractivity contribution in [3.05, 3.63) is 34.9 Å². The minimum absolute atomic E-state index is 0.109. The van der Waals surface area contributed by atoms with Crippen LogP contribution in [0.5, 0.6) is 0 Å². The first-order chi connectivity index (χ1) is 7.52. The predicted octanol–water partition coefficient (Wildman–Crippen LogP) is 3.25. The summed E-state index contributed by atoms with van der Waals surface area (Å²) in [4.78, 5) is 14.0. The first-order valence-corrected chi connectivity index (χ1v) is 5.88. The molecule has 0 radical (unpaired) electrons. The third-order valence-corrected chi connectivity index (χ3v) is 3.08. The molecule has 1 aromatic rings. The van der Waals surface area contributed by atoms with Crippen molar-refractivity contribution < 1.29 is 4.79 Å². The van der Waals surface area contributed by atoms with Gasteiger partial charge in [0.2, 0.25) is 0 Å². The van der Waals surface area contributed by atoms with Gasteiger partial charge in [0.05, 0.1) is 5.02 Å². The fourth-order valence-electron chi connectivity index (χ4n) is 1.36. The fourth-order valence-corrected chi connectivity index (χ4v) is 1.60. The number of nitrogens with zero attached hydrogens (tertiary/aromatic N) is 1. The van der Waals surface area contributed by atoms with Gasteiger partial charge in [-0.3, -0.25) is 4.79 Å². The molecule has 3 heteroatoms. The molecule has 16 heavy (non-hydrogen) atoms. The molecule has 0 bridgehead atoms. The SMILES string of the molecule is CC(C)N(C)CCC(=O)c1ccccc1Cl. The van der Waals surface area contributed by atoms with Gasteiger partial charge in [0, 0.05) is 24.6 Å². The van der Waals surface area contributed by atoms with Crippen LogP contribution in [-0.2, 0) is 0 Å². The van der Waals surface area contributed by atoms with Gasteiger partial charge in [0.15, 0.2) is 5.78 Å². The highest BCUT2D eigenvalue weighted by Gasteiger charge is 2.11. The Morgan fingerprint density at radius 1 is 1.38 bits per heavy atom. The number of benzene rings is 1. The molecule has 0 spiro atoms. The predicted molar refractivity (Wildman–Crippen MR) is 68.2 cm³/mol. The standard InChI is InChI=1S/C13H18ClNO/c1-10(2)15(3)9-8-13(16)11-6-4-5-7-12(11)14/h4-7,10H,8-9H2,1-3H3. The molecule has 0 saturated carbocycles. The largest absolute Gasteiger partial charge is 0.304 e. The molecule has 0 unspecified atom stereocenters. The molecular formula is C13H18ClNO. The number of ketones is 1. The van der Waals surface area contributed by atoms with E-state index in [4.69, 9.17) is 11.6 Å². The molecule has 88 valence electrons. The molecule has 0 aromatic heterocycles. The van der Waals surface area contributed by atoms with Gasteiger partial charge in [-0.1, -0.05) is 23.7 Å². The van der Waals surface area contributed by atoms with E-state index < -0.39 is 0 Å². The van der Waals surface area contributed by atoms with Gasteiger partial charge in [0.1, 0.15) is 0 Å². The maximum atomic E-state index is 11.9. The second-order valence-electron chi connectivity index (χ2n) is 4.23. The molecule has 0 atom stereocenters. The van der Waals surface area contributed by atoms with Gasteiger partial charge in [-0.15, -0.1) is 0 Å². The molecule has 0 aliphatic heterocycles. The molecular weight excluding hydrogens is 222 g/mol. The summed E-state index contributed by atoms with van der Waals surface area (Å²) in [5.74, 6) is 0.109. The van der Waals surface area contributed by atoms with Crippen molar-refractivity contribution in [1.29, 1.82) is 0 Å². The Kier molecular flexibility index (Phi) is 4.97. The summed E-state index contributed by atoms with van der Waals surface area (Å²) in [6.07, 6.45) is 0.512. The van der Waals surface area contributed by atoms with Crippen LogP contribution in [0.3, 0.4) is 0 Å². The van der Waals surface area contributed by atoms with Crippen LogP contribution in [0.1, 0.15) is 30.6 Å². The summed E-state index contributed by atoms with van der Waals surface area (Å²) < 4.78 is 0. The van der Waals surface area contributed by atoms with E-state index in [1.165, 1.54) is 0 Å². The summed E-state index contributed by atoms with van der Waals surface area (Å²) in [6, 6.07) is 7.66. The second kappa shape index (κ2) is 6.02. The molecule has 1 aromatic carbocycles. The lowest BCUT2D eigenvalue weighted by Gasteiger charge is -2.20. The van der Waals surface area contributed by atoms with Crippen LogP contribution in [0.2, 0.25) is 5.02 Å². The van der Waals surface area contributed by atoms with Crippen LogP contribution in [0, 0.1) is 0 Å². The third kappa shape index (κ3) is 3.62. The van der Waals surface area contributed by atoms with Gasteiger partial charge in [-0.25, -0.2) is 0 Å². The van der Waals surface area contributed by atoms with Gasteiger partial charge in [0.25, 0.3) is 0 Å². The van der Waals surface area contributed by atoms with Crippen LogP contribution in [-0.4, -0.2) is 30.3 Å². The zero-order valence-corrected chi connectivity index (χ0v) is 10.8. The number of carbonyl (C=O) groups excluding carboxylic acids is 1. The van der Waals surface area contributed by atoms with Crippen molar-refractivity contribution in [1.82, 2.24) is 4.90 Å². The van der Waals surface area contributed by atoms with E-state index in [9.17, 15) is 4.79 Å². The van der Waals surface area contributed by atoms with Crippen molar-refractivity contribution in [2.75, 3.05) is 13.6 Å². The second-order valence-corrected chi connectivity index (χ2v) is 4.63. The number of halogens is 1. The van der Waals surface area contributed by atoms with Crippen LogP contribution in [0.25, 0.3) is 0 Å². The molecule has 0 aliphatic carbocycles. The average Bonchev–Trinajstić information content (AvgIpc) is 2.25. The van der Waals surface area contributed by atoms with E-state index in [0.717, 1.165) is 6.54 Å². The zero-order valence-electron chi connectivity index (χ0n) is 10.0. The summed E-state index contributed by atoms with van der Waals surface area (Å²) in [5.41, 5.74) is 0.626.